The molecule has 0 radical (unpaired) electrons. The van der Waals surface area contributed by atoms with Crippen molar-refractivity contribution in [2.45, 2.75) is 0 Å². The van der Waals surface area contributed by atoms with Gasteiger partial charge < -0.3 is 5.21 Å². The first-order chi connectivity index (χ1) is 15.5. The Labute approximate surface area is 182 Å². The average molecular weight is 431 g/mol. The second kappa shape index (κ2) is 9.31. The lowest BCUT2D eigenvalue weighted by Crippen LogP contribution is -2.99. The predicted molar refractivity (Wildman–Crippen MR) is 116 cm³/mol. The maximum Gasteiger partial charge on any atom is 0.269 e. The van der Waals surface area contributed by atoms with E-state index in [4.69, 9.17) is 5.21 Å². The standard InChI is InChI=1S/C23H18FN5O3/c24-18-10-6-16(7-11-18)21-14-20(15-4-2-1-3-5-15)25-23(26-21)28-27-22(30)17-8-12-19(13-9-17)29(31)32/h1-14,29,31H,(H,27,30)(H,25,26,28). The van der Waals surface area contributed by atoms with Crippen LogP contribution in [0, 0.1) is 11.0 Å². The monoisotopic (exact) mass is 431 g/mol. The van der Waals surface area contributed by atoms with E-state index in [1.54, 1.807) is 18.2 Å². The van der Waals surface area contributed by atoms with Crippen LogP contribution >= 0.6 is 0 Å². The zero-order chi connectivity index (χ0) is 22.5. The molecule has 0 fully saturated rings. The van der Waals surface area contributed by atoms with Crippen molar-refractivity contribution in [2.24, 2.45) is 0 Å². The number of aromatic nitrogens is 2. The van der Waals surface area contributed by atoms with Crippen LogP contribution in [0.4, 0.5) is 16.0 Å². The summed E-state index contributed by atoms with van der Waals surface area (Å²) >= 11 is 0. The largest absolute Gasteiger partial charge is 0.595 e. The minimum absolute atomic E-state index is 0.0809. The minimum atomic E-state index is -1.07. The Balaban J connectivity index is 1.60. The summed E-state index contributed by atoms with van der Waals surface area (Å²) in [6.45, 7) is 0. The van der Waals surface area contributed by atoms with Crippen LogP contribution in [-0.2, 0) is 0 Å². The number of carbonyl (C=O) groups is 1. The number of benzene rings is 3. The van der Waals surface area contributed by atoms with Gasteiger partial charge in [0, 0.05) is 28.8 Å². The predicted octanol–water partition coefficient (Wildman–Crippen LogP) is 3.11. The lowest BCUT2D eigenvalue weighted by Gasteiger charge is -2.13. The summed E-state index contributed by atoms with van der Waals surface area (Å²) < 4.78 is 13.3. The molecular formula is C23H18FN5O3. The molecule has 8 nitrogen and oxygen atoms in total. The maximum absolute atomic E-state index is 13.3. The minimum Gasteiger partial charge on any atom is -0.595 e. The summed E-state index contributed by atoms with van der Waals surface area (Å²) in [4.78, 5) is 21.3. The molecule has 3 aromatic carbocycles. The summed E-state index contributed by atoms with van der Waals surface area (Å²) in [5.41, 5.74) is 8.24. The van der Waals surface area contributed by atoms with Gasteiger partial charge in [-0.2, -0.15) is 5.23 Å². The van der Waals surface area contributed by atoms with E-state index in [2.05, 4.69) is 20.8 Å². The SMILES string of the molecule is O=C(NNc1nc(-c2ccccc2)cc(-c2ccc(F)cc2)n1)c1ccc([NH+]([O-])O)cc1. The van der Waals surface area contributed by atoms with Crippen molar-refractivity contribution in [3.05, 3.63) is 102 Å². The maximum atomic E-state index is 13.3. The van der Waals surface area contributed by atoms with Gasteiger partial charge in [0.2, 0.25) is 5.95 Å². The van der Waals surface area contributed by atoms with Crippen LogP contribution in [0.15, 0.2) is 84.9 Å². The number of carbonyl (C=O) groups excluding carboxylic acids is 1. The molecule has 0 saturated heterocycles. The van der Waals surface area contributed by atoms with E-state index in [1.807, 2.05) is 30.3 Å². The Morgan fingerprint density at radius 3 is 2.06 bits per heavy atom. The Kier molecular flexibility index (Phi) is 6.13. The van der Waals surface area contributed by atoms with Crippen molar-refractivity contribution in [2.75, 3.05) is 5.43 Å². The topological polar surface area (TPSA) is 115 Å². The number of rotatable bonds is 6. The molecule has 9 heteroatoms. The molecule has 0 aliphatic rings. The third kappa shape index (κ3) is 4.93. The number of hydrazine groups is 1. The Hall–Kier alpha value is -4.18. The van der Waals surface area contributed by atoms with Gasteiger partial charge in [0.25, 0.3) is 5.91 Å². The van der Waals surface area contributed by atoms with Crippen molar-refractivity contribution >= 4 is 17.5 Å². The third-order valence-electron chi connectivity index (χ3n) is 4.62. The fourth-order valence-electron chi connectivity index (χ4n) is 2.98. The normalized spacial score (nSPS) is 11.6. The van der Waals surface area contributed by atoms with Gasteiger partial charge >= 0.3 is 0 Å². The molecule has 0 bridgehead atoms. The molecule has 160 valence electrons. The van der Waals surface area contributed by atoms with Gasteiger partial charge in [-0.05, 0) is 42.5 Å². The number of quaternary nitrogens is 1. The van der Waals surface area contributed by atoms with Gasteiger partial charge in [0.05, 0.1) is 11.4 Å². The molecule has 4 rings (SSSR count). The smallest absolute Gasteiger partial charge is 0.269 e. The highest BCUT2D eigenvalue weighted by atomic mass is 19.1. The molecule has 1 aromatic heterocycles. The van der Waals surface area contributed by atoms with E-state index in [0.29, 0.717) is 17.0 Å². The second-order valence-electron chi connectivity index (χ2n) is 6.80. The first kappa shape index (κ1) is 21.1. The molecule has 0 aliphatic carbocycles. The van der Waals surface area contributed by atoms with E-state index in [9.17, 15) is 14.4 Å². The quantitative estimate of drug-likeness (QED) is 0.349. The molecule has 1 amide bonds. The Morgan fingerprint density at radius 1 is 0.875 bits per heavy atom. The van der Waals surface area contributed by atoms with E-state index in [-0.39, 0.29) is 23.0 Å². The molecule has 1 atom stereocenters. The first-order valence-electron chi connectivity index (χ1n) is 9.60. The van der Waals surface area contributed by atoms with E-state index >= 15 is 0 Å². The number of hydrogen-bond donors (Lipinski definition) is 4. The number of nitrogens with one attached hydrogen (secondary N) is 3. The lowest BCUT2D eigenvalue weighted by molar-refractivity contribution is -0.991. The van der Waals surface area contributed by atoms with Crippen molar-refractivity contribution in [3.8, 4) is 22.5 Å². The fourth-order valence-corrected chi connectivity index (χ4v) is 2.98. The van der Waals surface area contributed by atoms with Crippen molar-refractivity contribution in [1.29, 1.82) is 0 Å². The van der Waals surface area contributed by atoms with Crippen LogP contribution < -0.4 is 16.1 Å². The molecule has 1 heterocycles. The van der Waals surface area contributed by atoms with Gasteiger partial charge in [0.1, 0.15) is 5.82 Å². The van der Waals surface area contributed by atoms with Crippen LogP contribution in [0.3, 0.4) is 0 Å². The first-order valence-corrected chi connectivity index (χ1v) is 9.60. The zero-order valence-corrected chi connectivity index (χ0v) is 16.6. The highest BCUT2D eigenvalue weighted by Gasteiger charge is 2.11. The fraction of sp³-hybridized carbons (Fsp3) is 0. The third-order valence-corrected chi connectivity index (χ3v) is 4.62. The zero-order valence-electron chi connectivity index (χ0n) is 16.6. The second-order valence-corrected chi connectivity index (χ2v) is 6.80. The summed E-state index contributed by atoms with van der Waals surface area (Å²) in [6, 6.07) is 22.6. The molecule has 0 aliphatic heterocycles. The summed E-state index contributed by atoms with van der Waals surface area (Å²) in [5.74, 6) is -0.703. The van der Waals surface area contributed by atoms with Crippen molar-refractivity contribution in [3.63, 3.8) is 0 Å². The van der Waals surface area contributed by atoms with Gasteiger partial charge in [0.15, 0.2) is 5.69 Å². The number of nitrogens with zero attached hydrogens (tertiary/aromatic N) is 2. The average Bonchev–Trinajstić information content (AvgIpc) is 2.83. The summed E-state index contributed by atoms with van der Waals surface area (Å²) in [6.07, 6.45) is 0. The Bertz CT molecular complexity index is 1220. The molecule has 1 unspecified atom stereocenters. The van der Waals surface area contributed by atoms with Crippen molar-refractivity contribution < 1.29 is 19.6 Å². The van der Waals surface area contributed by atoms with Crippen molar-refractivity contribution in [1.82, 2.24) is 15.4 Å². The van der Waals surface area contributed by atoms with Gasteiger partial charge in [-0.3, -0.25) is 15.6 Å². The van der Waals surface area contributed by atoms with Crippen LogP contribution in [0.5, 0.6) is 0 Å². The van der Waals surface area contributed by atoms with Crippen LogP contribution in [0.1, 0.15) is 10.4 Å². The molecule has 0 saturated carbocycles. The lowest BCUT2D eigenvalue weighted by atomic mass is 10.1. The number of anilines is 1. The van der Waals surface area contributed by atoms with Gasteiger partial charge in [-0.15, -0.1) is 0 Å². The summed E-state index contributed by atoms with van der Waals surface area (Å²) in [7, 11) is 0. The van der Waals surface area contributed by atoms with E-state index in [0.717, 1.165) is 5.56 Å². The number of amides is 1. The molecular weight excluding hydrogens is 413 g/mol. The highest BCUT2D eigenvalue weighted by molar-refractivity contribution is 5.95. The molecule has 4 aromatic rings. The number of halogens is 1. The van der Waals surface area contributed by atoms with E-state index < -0.39 is 11.1 Å². The van der Waals surface area contributed by atoms with Crippen LogP contribution in [-0.4, -0.2) is 21.1 Å². The number of hydrogen-bond acceptors (Lipinski definition) is 6. The van der Waals surface area contributed by atoms with Crippen LogP contribution in [0.2, 0.25) is 0 Å². The van der Waals surface area contributed by atoms with Gasteiger partial charge in [-0.25, -0.2) is 19.6 Å². The van der Waals surface area contributed by atoms with E-state index in [1.165, 1.54) is 36.4 Å². The molecule has 0 spiro atoms. The highest BCUT2D eigenvalue weighted by Crippen LogP contribution is 2.25. The van der Waals surface area contributed by atoms with Crippen LogP contribution in [0.25, 0.3) is 22.5 Å². The summed E-state index contributed by atoms with van der Waals surface area (Å²) in [5, 5.41) is 18.9. The van der Waals surface area contributed by atoms with Gasteiger partial charge in [-0.1, -0.05) is 30.3 Å². The Morgan fingerprint density at radius 2 is 1.47 bits per heavy atom. The molecule has 32 heavy (non-hydrogen) atoms. The molecule has 4 N–H and O–H groups in total.